The Morgan fingerprint density at radius 1 is 1.31 bits per heavy atom. The van der Waals surface area contributed by atoms with Crippen molar-refractivity contribution in [1.82, 2.24) is 5.32 Å². The minimum Gasteiger partial charge on any atom is -0.390 e. The molecular formula is C13H23NOS. The van der Waals surface area contributed by atoms with E-state index in [-0.39, 0.29) is 5.41 Å². The molecule has 1 aromatic rings. The van der Waals surface area contributed by atoms with Gasteiger partial charge in [0.15, 0.2) is 0 Å². The lowest BCUT2D eigenvalue weighted by molar-refractivity contribution is 0.0709. The summed E-state index contributed by atoms with van der Waals surface area (Å²) in [7, 11) is 0. The highest BCUT2D eigenvalue weighted by Gasteiger charge is 2.21. The molecule has 0 saturated carbocycles. The van der Waals surface area contributed by atoms with Gasteiger partial charge in [0.1, 0.15) is 0 Å². The molecule has 0 saturated heterocycles. The number of hydrogen-bond acceptors (Lipinski definition) is 3. The second kappa shape index (κ2) is 5.30. The molecule has 0 aliphatic rings. The van der Waals surface area contributed by atoms with Crippen LogP contribution in [0.4, 0.5) is 0 Å². The average Bonchev–Trinajstić information content (AvgIpc) is 2.64. The number of thiophene rings is 1. The molecule has 0 aliphatic carbocycles. The number of hydrogen-bond donors (Lipinski definition) is 2. The predicted molar refractivity (Wildman–Crippen MR) is 71.1 cm³/mol. The molecule has 0 atom stereocenters. The van der Waals surface area contributed by atoms with E-state index in [1.807, 2.05) is 13.8 Å². The van der Waals surface area contributed by atoms with E-state index in [4.69, 9.17) is 0 Å². The van der Waals surface area contributed by atoms with Gasteiger partial charge in [0.2, 0.25) is 0 Å². The van der Waals surface area contributed by atoms with Crippen molar-refractivity contribution < 1.29 is 5.11 Å². The minimum absolute atomic E-state index is 0.174. The van der Waals surface area contributed by atoms with Gasteiger partial charge in [0.25, 0.3) is 0 Å². The van der Waals surface area contributed by atoms with Gasteiger partial charge in [-0.05, 0) is 38.3 Å². The normalized spacial score (nSPS) is 13.1. The molecule has 0 bridgehead atoms. The summed E-state index contributed by atoms with van der Waals surface area (Å²) in [6.45, 7) is 9.99. The molecule has 2 nitrogen and oxygen atoms in total. The molecule has 2 N–H and O–H groups in total. The number of aliphatic hydroxyl groups is 1. The highest BCUT2D eigenvalue weighted by atomic mass is 32.1. The Balaban J connectivity index is 2.32. The second-order valence-electron chi connectivity index (χ2n) is 5.60. The lowest BCUT2D eigenvalue weighted by Crippen LogP contribution is -2.35. The lowest BCUT2D eigenvalue weighted by atomic mass is 9.91. The Morgan fingerprint density at radius 3 is 2.50 bits per heavy atom. The third-order valence-electron chi connectivity index (χ3n) is 2.67. The number of nitrogens with one attached hydrogen (secondary N) is 1. The van der Waals surface area contributed by atoms with Crippen LogP contribution in [0.3, 0.4) is 0 Å². The first-order chi connectivity index (χ1) is 7.31. The van der Waals surface area contributed by atoms with Gasteiger partial charge in [0.05, 0.1) is 5.60 Å². The van der Waals surface area contributed by atoms with Crippen molar-refractivity contribution in [2.24, 2.45) is 0 Å². The fourth-order valence-corrected chi connectivity index (χ4v) is 2.40. The summed E-state index contributed by atoms with van der Waals surface area (Å²) in [4.78, 5) is 1.41. The molecule has 1 rings (SSSR count). The molecular weight excluding hydrogens is 218 g/mol. The van der Waals surface area contributed by atoms with E-state index in [1.54, 1.807) is 11.3 Å². The van der Waals surface area contributed by atoms with Crippen molar-refractivity contribution in [2.75, 3.05) is 13.1 Å². The van der Waals surface area contributed by atoms with Crippen LogP contribution < -0.4 is 5.32 Å². The van der Waals surface area contributed by atoms with Gasteiger partial charge >= 0.3 is 0 Å². The molecule has 0 aromatic carbocycles. The third kappa shape index (κ3) is 4.64. The van der Waals surface area contributed by atoms with Crippen LogP contribution in [0.15, 0.2) is 17.5 Å². The van der Waals surface area contributed by atoms with Crippen LogP contribution in [0.1, 0.15) is 39.0 Å². The molecule has 0 radical (unpaired) electrons. The average molecular weight is 241 g/mol. The first-order valence-electron chi connectivity index (χ1n) is 5.78. The van der Waals surface area contributed by atoms with Crippen molar-refractivity contribution in [1.29, 1.82) is 0 Å². The van der Waals surface area contributed by atoms with Crippen LogP contribution in [0, 0.1) is 0 Å². The van der Waals surface area contributed by atoms with Gasteiger partial charge in [-0.3, -0.25) is 0 Å². The van der Waals surface area contributed by atoms with E-state index < -0.39 is 5.60 Å². The first kappa shape index (κ1) is 13.7. The van der Waals surface area contributed by atoms with Crippen LogP contribution >= 0.6 is 11.3 Å². The zero-order valence-electron chi connectivity index (χ0n) is 10.7. The summed E-state index contributed by atoms with van der Waals surface area (Å²) >= 11 is 1.80. The van der Waals surface area contributed by atoms with E-state index in [1.165, 1.54) is 4.88 Å². The lowest BCUT2D eigenvalue weighted by Gasteiger charge is -2.25. The fraction of sp³-hybridized carbons (Fsp3) is 0.692. The smallest absolute Gasteiger partial charge is 0.0603 e. The summed E-state index contributed by atoms with van der Waals surface area (Å²) in [6.07, 6.45) is 0.785. The van der Waals surface area contributed by atoms with E-state index in [9.17, 15) is 5.11 Å². The van der Waals surface area contributed by atoms with Gasteiger partial charge in [0, 0.05) is 16.8 Å². The minimum atomic E-state index is -0.569. The molecule has 0 spiro atoms. The van der Waals surface area contributed by atoms with E-state index in [0.29, 0.717) is 0 Å². The molecule has 0 unspecified atom stereocenters. The molecule has 16 heavy (non-hydrogen) atoms. The number of rotatable bonds is 6. The van der Waals surface area contributed by atoms with Crippen molar-refractivity contribution in [3.8, 4) is 0 Å². The maximum absolute atomic E-state index is 9.59. The maximum atomic E-state index is 9.59. The summed E-state index contributed by atoms with van der Waals surface area (Å²) in [5.74, 6) is 0. The summed E-state index contributed by atoms with van der Waals surface area (Å²) < 4.78 is 0. The Hall–Kier alpha value is -0.380. The van der Waals surface area contributed by atoms with Crippen LogP contribution in [0.2, 0.25) is 0 Å². The summed E-state index contributed by atoms with van der Waals surface area (Å²) in [6, 6.07) is 4.28. The predicted octanol–water partition coefficient (Wildman–Crippen LogP) is 2.78. The standard InChI is InChI=1S/C13H23NOS/c1-12(2,11-6-5-9-16-11)10-14-8-7-13(3,4)15/h5-6,9,14-15H,7-8,10H2,1-4H3. The van der Waals surface area contributed by atoms with Gasteiger partial charge in [-0.2, -0.15) is 0 Å². The Kier molecular flexibility index (Phi) is 4.53. The molecule has 0 aliphatic heterocycles. The van der Waals surface area contributed by atoms with Crippen molar-refractivity contribution in [3.05, 3.63) is 22.4 Å². The van der Waals surface area contributed by atoms with E-state index in [2.05, 4.69) is 36.7 Å². The first-order valence-corrected chi connectivity index (χ1v) is 6.66. The molecule has 1 aromatic heterocycles. The maximum Gasteiger partial charge on any atom is 0.0603 e. The van der Waals surface area contributed by atoms with Gasteiger partial charge in [-0.25, -0.2) is 0 Å². The second-order valence-corrected chi connectivity index (χ2v) is 6.55. The van der Waals surface area contributed by atoms with E-state index in [0.717, 1.165) is 19.5 Å². The highest BCUT2D eigenvalue weighted by Crippen LogP contribution is 2.26. The summed E-state index contributed by atoms with van der Waals surface area (Å²) in [5.41, 5.74) is -0.395. The van der Waals surface area contributed by atoms with Crippen molar-refractivity contribution >= 4 is 11.3 Å². The van der Waals surface area contributed by atoms with Crippen molar-refractivity contribution in [2.45, 2.75) is 45.1 Å². The molecule has 0 amide bonds. The highest BCUT2D eigenvalue weighted by molar-refractivity contribution is 7.10. The van der Waals surface area contributed by atoms with Gasteiger partial charge in [-0.15, -0.1) is 11.3 Å². The van der Waals surface area contributed by atoms with Crippen LogP contribution in [0.25, 0.3) is 0 Å². The Labute approximate surface area is 103 Å². The quantitative estimate of drug-likeness (QED) is 0.751. The molecule has 92 valence electrons. The van der Waals surface area contributed by atoms with Crippen LogP contribution in [-0.4, -0.2) is 23.8 Å². The van der Waals surface area contributed by atoms with Crippen molar-refractivity contribution in [3.63, 3.8) is 0 Å². The van der Waals surface area contributed by atoms with Crippen LogP contribution in [0.5, 0.6) is 0 Å². The Morgan fingerprint density at radius 2 is 2.00 bits per heavy atom. The zero-order chi connectivity index (χ0) is 12.2. The third-order valence-corrected chi connectivity index (χ3v) is 3.90. The fourth-order valence-electron chi connectivity index (χ4n) is 1.55. The molecule has 0 fully saturated rings. The van der Waals surface area contributed by atoms with Gasteiger partial charge in [-0.1, -0.05) is 19.9 Å². The topological polar surface area (TPSA) is 32.3 Å². The van der Waals surface area contributed by atoms with Gasteiger partial charge < -0.3 is 10.4 Å². The SMILES string of the molecule is CC(C)(O)CCNCC(C)(C)c1cccs1. The molecule has 1 heterocycles. The van der Waals surface area contributed by atoms with E-state index >= 15 is 0 Å². The zero-order valence-corrected chi connectivity index (χ0v) is 11.5. The monoisotopic (exact) mass is 241 g/mol. The Bertz CT molecular complexity index is 298. The van der Waals surface area contributed by atoms with Crippen LogP contribution in [-0.2, 0) is 5.41 Å². The largest absolute Gasteiger partial charge is 0.390 e. The molecule has 3 heteroatoms. The summed E-state index contributed by atoms with van der Waals surface area (Å²) in [5, 5.41) is 15.1.